The third kappa shape index (κ3) is 3.16. The highest BCUT2D eigenvalue weighted by atomic mass is 35.5. The van der Waals surface area contributed by atoms with E-state index in [0.29, 0.717) is 0 Å². The van der Waals surface area contributed by atoms with Crippen LogP contribution in [0.5, 0.6) is 0 Å². The van der Waals surface area contributed by atoms with Gasteiger partial charge in [-0.15, -0.1) is 0 Å². The van der Waals surface area contributed by atoms with Crippen LogP contribution in [-0.2, 0) is 9.53 Å². The Kier molecular flexibility index (Phi) is 4.19. The second-order valence-corrected chi connectivity index (χ2v) is 3.16. The van der Waals surface area contributed by atoms with E-state index < -0.39 is 5.97 Å². The molecule has 0 spiro atoms. The molecule has 0 unspecified atom stereocenters. The maximum absolute atomic E-state index is 11.3. The summed E-state index contributed by atoms with van der Waals surface area (Å²) in [6.07, 6.45) is 1.21. The van der Waals surface area contributed by atoms with Crippen molar-refractivity contribution in [1.82, 2.24) is 9.97 Å². The summed E-state index contributed by atoms with van der Waals surface area (Å²) in [5, 5.41) is 2.29. The Morgan fingerprint density at radius 3 is 2.75 bits per heavy atom. The molecule has 1 heterocycles. The molecule has 0 aliphatic rings. The van der Waals surface area contributed by atoms with E-state index in [0.717, 1.165) is 0 Å². The van der Waals surface area contributed by atoms with Gasteiger partial charge in [0.15, 0.2) is 0 Å². The number of anilines is 1. The lowest BCUT2D eigenvalue weighted by atomic mass is 10.3. The fourth-order valence-electron chi connectivity index (χ4n) is 0.924. The number of carbonyl (C=O) groups excluding carboxylic acids is 2. The first-order valence-electron chi connectivity index (χ1n) is 4.51. The number of halogens is 1. The number of aromatic nitrogens is 2. The van der Waals surface area contributed by atoms with Crippen LogP contribution in [0.3, 0.4) is 0 Å². The Labute approximate surface area is 97.0 Å². The molecule has 86 valence electrons. The highest BCUT2D eigenvalue weighted by Crippen LogP contribution is 2.14. The number of nitrogens with zero attached hydrogens (tertiary/aromatic N) is 2. The predicted octanol–water partition coefficient (Wildman–Crippen LogP) is 1.27. The minimum Gasteiger partial charge on any atom is -0.462 e. The molecule has 1 aromatic rings. The van der Waals surface area contributed by atoms with Gasteiger partial charge >= 0.3 is 5.97 Å². The first-order chi connectivity index (χ1) is 7.54. The van der Waals surface area contributed by atoms with E-state index in [1.54, 1.807) is 6.92 Å². The Morgan fingerprint density at radius 2 is 2.25 bits per heavy atom. The Hall–Kier alpha value is -1.69. The molecule has 1 aromatic heterocycles. The molecule has 0 aromatic carbocycles. The summed E-state index contributed by atoms with van der Waals surface area (Å²) in [5.74, 6) is -0.868. The van der Waals surface area contributed by atoms with Crippen LogP contribution >= 0.6 is 11.6 Å². The fraction of sp³-hybridized carbons (Fsp3) is 0.333. The smallest absolute Gasteiger partial charge is 0.342 e. The van der Waals surface area contributed by atoms with E-state index in [9.17, 15) is 9.59 Å². The summed E-state index contributed by atoms with van der Waals surface area (Å²) in [4.78, 5) is 29.5. The molecule has 0 fully saturated rings. The number of amides is 1. The second kappa shape index (κ2) is 5.41. The van der Waals surface area contributed by atoms with Crippen LogP contribution in [0.25, 0.3) is 0 Å². The maximum Gasteiger partial charge on any atom is 0.342 e. The van der Waals surface area contributed by atoms with Crippen molar-refractivity contribution in [2.75, 3.05) is 11.9 Å². The molecule has 6 nitrogen and oxygen atoms in total. The lowest BCUT2D eigenvalue weighted by Gasteiger charge is -2.04. The van der Waals surface area contributed by atoms with Crippen LogP contribution in [0, 0.1) is 0 Å². The molecule has 0 saturated carbocycles. The number of ether oxygens (including phenoxy) is 1. The largest absolute Gasteiger partial charge is 0.462 e. The Morgan fingerprint density at radius 1 is 1.56 bits per heavy atom. The average molecular weight is 244 g/mol. The molecule has 0 bridgehead atoms. The van der Waals surface area contributed by atoms with Crippen molar-refractivity contribution in [3.05, 3.63) is 16.9 Å². The molecular formula is C9H10ClN3O3. The van der Waals surface area contributed by atoms with E-state index in [4.69, 9.17) is 16.3 Å². The number of rotatable bonds is 3. The molecular weight excluding hydrogens is 234 g/mol. The van der Waals surface area contributed by atoms with Gasteiger partial charge in [-0.05, 0) is 6.92 Å². The Bertz CT molecular complexity index is 422. The summed E-state index contributed by atoms with van der Waals surface area (Å²) >= 11 is 5.74. The zero-order chi connectivity index (χ0) is 12.1. The van der Waals surface area contributed by atoms with Crippen molar-refractivity contribution < 1.29 is 14.3 Å². The van der Waals surface area contributed by atoms with Crippen LogP contribution in [0.2, 0.25) is 5.15 Å². The van der Waals surface area contributed by atoms with Gasteiger partial charge in [0.05, 0.1) is 6.61 Å². The zero-order valence-electron chi connectivity index (χ0n) is 8.78. The van der Waals surface area contributed by atoms with Crippen molar-refractivity contribution in [2.45, 2.75) is 13.8 Å². The lowest BCUT2D eigenvalue weighted by molar-refractivity contribution is -0.114. The fourth-order valence-corrected chi connectivity index (χ4v) is 1.13. The third-order valence-corrected chi connectivity index (χ3v) is 1.81. The van der Waals surface area contributed by atoms with E-state index in [2.05, 4.69) is 15.3 Å². The molecule has 1 amide bonds. The van der Waals surface area contributed by atoms with Gasteiger partial charge in [-0.3, -0.25) is 10.1 Å². The first-order valence-corrected chi connectivity index (χ1v) is 4.89. The number of nitrogens with one attached hydrogen (secondary N) is 1. The van der Waals surface area contributed by atoms with Gasteiger partial charge in [0.1, 0.15) is 10.7 Å². The van der Waals surface area contributed by atoms with Gasteiger partial charge in [0.25, 0.3) is 0 Å². The molecule has 0 aliphatic carbocycles. The average Bonchev–Trinajstić information content (AvgIpc) is 2.16. The highest BCUT2D eigenvalue weighted by molar-refractivity contribution is 6.32. The zero-order valence-corrected chi connectivity index (χ0v) is 9.54. The summed E-state index contributed by atoms with van der Waals surface area (Å²) in [6, 6.07) is 0. The molecule has 0 saturated heterocycles. The Balaban J connectivity index is 2.91. The van der Waals surface area contributed by atoms with Gasteiger partial charge in [-0.2, -0.15) is 4.98 Å². The van der Waals surface area contributed by atoms with E-state index in [1.165, 1.54) is 13.1 Å². The van der Waals surface area contributed by atoms with Crippen LogP contribution in [0.1, 0.15) is 24.2 Å². The van der Waals surface area contributed by atoms with Crippen molar-refractivity contribution in [2.24, 2.45) is 0 Å². The molecule has 16 heavy (non-hydrogen) atoms. The van der Waals surface area contributed by atoms with Crippen molar-refractivity contribution in [1.29, 1.82) is 0 Å². The van der Waals surface area contributed by atoms with Crippen LogP contribution in [0.4, 0.5) is 5.95 Å². The first kappa shape index (κ1) is 12.4. The molecule has 0 aliphatic heterocycles. The van der Waals surface area contributed by atoms with E-state index in [-0.39, 0.29) is 29.2 Å². The van der Waals surface area contributed by atoms with Gasteiger partial charge in [0.2, 0.25) is 11.9 Å². The summed E-state index contributed by atoms with van der Waals surface area (Å²) in [7, 11) is 0. The van der Waals surface area contributed by atoms with Gasteiger partial charge in [0, 0.05) is 13.1 Å². The number of carbonyl (C=O) groups is 2. The SMILES string of the molecule is CCOC(=O)c1cnc(NC(C)=O)nc1Cl. The van der Waals surface area contributed by atoms with Crippen LogP contribution < -0.4 is 5.32 Å². The van der Waals surface area contributed by atoms with Gasteiger partial charge in [-0.25, -0.2) is 9.78 Å². The van der Waals surface area contributed by atoms with E-state index >= 15 is 0 Å². The van der Waals surface area contributed by atoms with Crippen molar-refractivity contribution in [3.63, 3.8) is 0 Å². The summed E-state index contributed by atoms with van der Waals surface area (Å²) in [6.45, 7) is 3.23. The monoisotopic (exact) mass is 243 g/mol. The molecule has 1 N–H and O–H groups in total. The standard InChI is InChI=1S/C9H10ClN3O3/c1-3-16-8(15)6-4-11-9(12-5(2)14)13-7(6)10/h4H,3H2,1-2H3,(H,11,12,13,14). The normalized spacial score (nSPS) is 9.69. The van der Waals surface area contributed by atoms with Crippen molar-refractivity contribution in [3.8, 4) is 0 Å². The minimum absolute atomic E-state index is 0.0468. The summed E-state index contributed by atoms with van der Waals surface area (Å²) in [5.41, 5.74) is 0.0672. The molecule has 1 rings (SSSR count). The molecule has 0 atom stereocenters. The third-order valence-electron chi connectivity index (χ3n) is 1.53. The van der Waals surface area contributed by atoms with Crippen LogP contribution in [0.15, 0.2) is 6.20 Å². The van der Waals surface area contributed by atoms with Gasteiger partial charge < -0.3 is 4.74 Å². The number of esters is 1. The lowest BCUT2D eigenvalue weighted by Crippen LogP contribution is -2.12. The predicted molar refractivity (Wildman–Crippen MR) is 57.3 cm³/mol. The molecule has 0 radical (unpaired) electrons. The minimum atomic E-state index is -0.595. The summed E-state index contributed by atoms with van der Waals surface area (Å²) < 4.78 is 4.74. The van der Waals surface area contributed by atoms with Gasteiger partial charge in [-0.1, -0.05) is 11.6 Å². The topological polar surface area (TPSA) is 81.2 Å². The molecule has 7 heteroatoms. The number of hydrogen-bond donors (Lipinski definition) is 1. The number of hydrogen-bond acceptors (Lipinski definition) is 5. The van der Waals surface area contributed by atoms with E-state index in [1.807, 2.05) is 0 Å². The van der Waals surface area contributed by atoms with Crippen molar-refractivity contribution >= 4 is 29.4 Å². The maximum atomic E-state index is 11.3. The van der Waals surface area contributed by atoms with Crippen LogP contribution in [-0.4, -0.2) is 28.5 Å². The second-order valence-electron chi connectivity index (χ2n) is 2.80. The quantitative estimate of drug-likeness (QED) is 0.639. The highest BCUT2D eigenvalue weighted by Gasteiger charge is 2.14.